The van der Waals surface area contributed by atoms with E-state index in [-0.39, 0.29) is 5.56 Å². The van der Waals surface area contributed by atoms with Crippen molar-refractivity contribution >= 4 is 33.3 Å². The summed E-state index contributed by atoms with van der Waals surface area (Å²) in [5, 5.41) is 3.35. The summed E-state index contributed by atoms with van der Waals surface area (Å²) in [6, 6.07) is 19.8. The second-order valence-electron chi connectivity index (χ2n) is 7.13. The minimum absolute atomic E-state index is 0.0329. The third-order valence-electron chi connectivity index (χ3n) is 5.11. The number of nitrogens with zero attached hydrogens (tertiary/aromatic N) is 3. The molecule has 7 heteroatoms. The zero-order valence-electron chi connectivity index (χ0n) is 17.0. The Bertz CT molecular complexity index is 1420. The molecule has 0 atom stereocenters. The molecule has 0 radical (unpaired) electrons. The predicted molar refractivity (Wildman–Crippen MR) is 127 cm³/mol. The molecular weight excluding hydrogens is 426 g/mol. The number of thioether (sulfide) groups is 1. The lowest BCUT2D eigenvalue weighted by atomic mass is 10.1. The average Bonchev–Trinajstić information content (AvgIpc) is 3.40. The van der Waals surface area contributed by atoms with E-state index in [2.05, 4.69) is 4.98 Å². The molecule has 0 aliphatic carbocycles. The van der Waals surface area contributed by atoms with Crippen molar-refractivity contribution in [2.75, 3.05) is 0 Å². The predicted octanol–water partition coefficient (Wildman–Crippen LogP) is 5.92. The molecule has 5 rings (SSSR count). The molecule has 0 spiro atoms. The molecular formula is C24H19N3O2S2. The van der Waals surface area contributed by atoms with E-state index in [0.717, 1.165) is 33.0 Å². The standard InChI is InChI=1S/C24H19N3O2S2/c1-15-19(25-21(29-15)17-11-7-4-8-12-17)14-31-24-26-22-20(23(28)27(24)2)18(13-30-22)16-9-5-3-6-10-16/h3-13H,14H2,1-2H3. The minimum Gasteiger partial charge on any atom is -0.441 e. The van der Waals surface area contributed by atoms with Crippen LogP contribution in [0, 0.1) is 6.92 Å². The molecule has 154 valence electrons. The largest absolute Gasteiger partial charge is 0.441 e. The molecule has 0 saturated carbocycles. The van der Waals surface area contributed by atoms with Gasteiger partial charge >= 0.3 is 0 Å². The van der Waals surface area contributed by atoms with Crippen LogP contribution in [0.4, 0.5) is 0 Å². The Morgan fingerprint density at radius 3 is 2.39 bits per heavy atom. The molecule has 31 heavy (non-hydrogen) atoms. The van der Waals surface area contributed by atoms with Crippen molar-refractivity contribution in [3.63, 3.8) is 0 Å². The normalized spacial score (nSPS) is 11.3. The van der Waals surface area contributed by atoms with Crippen LogP contribution in [0.3, 0.4) is 0 Å². The lowest BCUT2D eigenvalue weighted by molar-refractivity contribution is 0.540. The molecule has 0 aliphatic rings. The van der Waals surface area contributed by atoms with Gasteiger partial charge in [0, 0.05) is 29.3 Å². The second kappa shape index (κ2) is 8.17. The molecule has 0 fully saturated rings. The minimum atomic E-state index is -0.0329. The monoisotopic (exact) mass is 445 g/mol. The van der Waals surface area contributed by atoms with E-state index in [4.69, 9.17) is 9.40 Å². The number of fused-ring (bicyclic) bond motifs is 1. The highest BCUT2D eigenvalue weighted by Gasteiger charge is 2.17. The zero-order valence-corrected chi connectivity index (χ0v) is 18.7. The Hall–Kier alpha value is -3.16. The van der Waals surface area contributed by atoms with Crippen molar-refractivity contribution in [3.05, 3.63) is 87.9 Å². The van der Waals surface area contributed by atoms with Crippen LogP contribution in [0.2, 0.25) is 0 Å². The fraction of sp³-hybridized carbons (Fsp3) is 0.125. The zero-order chi connectivity index (χ0) is 21.4. The summed E-state index contributed by atoms with van der Waals surface area (Å²) in [5.74, 6) is 1.96. The van der Waals surface area contributed by atoms with Crippen molar-refractivity contribution in [2.24, 2.45) is 7.05 Å². The maximum atomic E-state index is 13.2. The number of rotatable bonds is 5. The molecule has 0 unspecified atom stereocenters. The Kier molecular flexibility index (Phi) is 5.21. The van der Waals surface area contributed by atoms with Crippen LogP contribution in [0.25, 0.3) is 32.8 Å². The molecule has 5 aromatic rings. The van der Waals surface area contributed by atoms with E-state index < -0.39 is 0 Å². The molecule has 0 aliphatic heterocycles. The summed E-state index contributed by atoms with van der Waals surface area (Å²) in [6.07, 6.45) is 0. The van der Waals surface area contributed by atoms with Gasteiger partial charge in [-0.15, -0.1) is 11.3 Å². The van der Waals surface area contributed by atoms with Gasteiger partial charge in [0.2, 0.25) is 5.89 Å². The van der Waals surface area contributed by atoms with Gasteiger partial charge in [-0.05, 0) is 24.6 Å². The fourth-order valence-corrected chi connectivity index (χ4v) is 5.37. The topological polar surface area (TPSA) is 60.9 Å². The first-order valence-electron chi connectivity index (χ1n) is 9.80. The fourth-order valence-electron chi connectivity index (χ4n) is 3.41. The number of hydrogen-bond acceptors (Lipinski definition) is 6. The Labute approximate surface area is 187 Å². The number of oxazole rings is 1. The van der Waals surface area contributed by atoms with Crippen molar-refractivity contribution < 1.29 is 4.42 Å². The number of benzene rings is 2. The molecule has 0 amide bonds. The van der Waals surface area contributed by atoms with Crippen molar-refractivity contribution in [1.29, 1.82) is 0 Å². The van der Waals surface area contributed by atoms with Crippen LogP contribution in [0.1, 0.15) is 11.5 Å². The Morgan fingerprint density at radius 1 is 1.00 bits per heavy atom. The molecule has 0 bridgehead atoms. The van der Waals surface area contributed by atoms with Crippen LogP contribution < -0.4 is 5.56 Å². The maximum absolute atomic E-state index is 13.2. The first kappa shape index (κ1) is 19.8. The lowest BCUT2D eigenvalue weighted by Crippen LogP contribution is -2.19. The van der Waals surface area contributed by atoms with E-state index >= 15 is 0 Å². The van der Waals surface area contributed by atoms with Crippen molar-refractivity contribution in [1.82, 2.24) is 14.5 Å². The van der Waals surface area contributed by atoms with Gasteiger partial charge in [-0.25, -0.2) is 9.97 Å². The quantitative estimate of drug-likeness (QED) is 0.248. The van der Waals surface area contributed by atoms with E-state index in [0.29, 0.717) is 22.2 Å². The highest BCUT2D eigenvalue weighted by atomic mass is 32.2. The molecule has 0 saturated heterocycles. The highest BCUT2D eigenvalue weighted by molar-refractivity contribution is 7.98. The molecule has 5 nitrogen and oxygen atoms in total. The SMILES string of the molecule is Cc1oc(-c2ccccc2)nc1CSc1nc2scc(-c3ccccc3)c2c(=O)n1C. The van der Waals surface area contributed by atoms with E-state index in [1.807, 2.05) is 73.0 Å². The summed E-state index contributed by atoms with van der Waals surface area (Å²) in [4.78, 5) is 23.3. The van der Waals surface area contributed by atoms with Gasteiger partial charge < -0.3 is 4.42 Å². The summed E-state index contributed by atoms with van der Waals surface area (Å²) in [7, 11) is 1.77. The number of thiophene rings is 1. The Morgan fingerprint density at radius 2 is 1.68 bits per heavy atom. The second-order valence-corrected chi connectivity index (χ2v) is 8.93. The van der Waals surface area contributed by atoms with Crippen LogP contribution in [0.15, 0.2) is 80.4 Å². The van der Waals surface area contributed by atoms with Gasteiger partial charge in [0.15, 0.2) is 5.16 Å². The molecule has 3 heterocycles. The van der Waals surface area contributed by atoms with Gasteiger partial charge in [-0.3, -0.25) is 9.36 Å². The molecule has 0 N–H and O–H groups in total. The summed E-state index contributed by atoms with van der Waals surface area (Å²) in [5.41, 5.74) is 3.73. The van der Waals surface area contributed by atoms with E-state index in [1.165, 1.54) is 23.1 Å². The summed E-state index contributed by atoms with van der Waals surface area (Å²) in [6.45, 7) is 1.91. The van der Waals surface area contributed by atoms with E-state index in [1.54, 1.807) is 11.6 Å². The third-order valence-corrected chi connectivity index (χ3v) is 7.02. The summed E-state index contributed by atoms with van der Waals surface area (Å²) < 4.78 is 7.48. The lowest BCUT2D eigenvalue weighted by Gasteiger charge is -2.07. The van der Waals surface area contributed by atoms with Crippen LogP contribution >= 0.6 is 23.1 Å². The van der Waals surface area contributed by atoms with Gasteiger partial charge in [0.05, 0.1) is 11.1 Å². The third kappa shape index (κ3) is 3.71. The van der Waals surface area contributed by atoms with Gasteiger partial charge in [-0.1, -0.05) is 60.3 Å². The maximum Gasteiger partial charge on any atom is 0.263 e. The van der Waals surface area contributed by atoms with Gasteiger partial charge in [0.1, 0.15) is 10.6 Å². The number of hydrogen-bond donors (Lipinski definition) is 0. The smallest absolute Gasteiger partial charge is 0.263 e. The highest BCUT2D eigenvalue weighted by Crippen LogP contribution is 2.33. The first-order chi connectivity index (χ1) is 15.1. The van der Waals surface area contributed by atoms with Crippen molar-refractivity contribution in [2.45, 2.75) is 17.8 Å². The summed E-state index contributed by atoms with van der Waals surface area (Å²) >= 11 is 2.99. The average molecular weight is 446 g/mol. The molecule has 2 aromatic carbocycles. The van der Waals surface area contributed by atoms with E-state index in [9.17, 15) is 4.79 Å². The molecule has 3 aromatic heterocycles. The van der Waals surface area contributed by atoms with Crippen LogP contribution in [0.5, 0.6) is 0 Å². The van der Waals surface area contributed by atoms with Crippen LogP contribution in [-0.2, 0) is 12.8 Å². The van der Waals surface area contributed by atoms with Crippen LogP contribution in [-0.4, -0.2) is 14.5 Å². The Balaban J connectivity index is 1.45. The number of aromatic nitrogens is 3. The first-order valence-corrected chi connectivity index (χ1v) is 11.7. The van der Waals surface area contributed by atoms with Gasteiger partial charge in [-0.2, -0.15) is 0 Å². The van der Waals surface area contributed by atoms with Gasteiger partial charge in [0.25, 0.3) is 5.56 Å². The van der Waals surface area contributed by atoms with Crippen molar-refractivity contribution in [3.8, 4) is 22.6 Å². The number of aryl methyl sites for hydroxylation is 1.